The molecule has 1 fully saturated rings. The second kappa shape index (κ2) is 6.24. The molecule has 3 N–H and O–H groups in total. The number of nitrogens with two attached hydrogens (primary N) is 1. The van der Waals surface area contributed by atoms with Gasteiger partial charge in [-0.05, 0) is 64.0 Å². The molecule has 120 valence electrons. The molecule has 0 amide bonds. The monoisotopic (exact) mass is 322 g/mol. The Morgan fingerprint density at radius 3 is 2.41 bits per heavy atom. The Balaban J connectivity index is 2.35. The van der Waals surface area contributed by atoms with Crippen molar-refractivity contribution >= 4 is 30.5 Å². The molecule has 0 saturated carbocycles. The van der Waals surface area contributed by atoms with Crippen molar-refractivity contribution in [1.29, 1.82) is 0 Å². The maximum absolute atomic E-state index is 6.26. The van der Waals surface area contributed by atoms with Crippen molar-refractivity contribution in [2.24, 2.45) is 0 Å². The summed E-state index contributed by atoms with van der Waals surface area (Å²) in [6.07, 6.45) is 1.98. The van der Waals surface area contributed by atoms with Crippen LogP contribution >= 0.6 is 11.6 Å². The van der Waals surface area contributed by atoms with E-state index in [2.05, 4.69) is 5.32 Å². The standard InChI is InChI=1S/C16H24BClN2O2/c1-15(2)16(3,4)22-17(21-15)12(10-20-5)8-11-9-13(19)6-7-14(11)18/h6-9,20H,10,19H2,1-5H3. The Hall–Kier alpha value is -1.01. The Morgan fingerprint density at radius 1 is 1.27 bits per heavy atom. The maximum atomic E-state index is 6.26. The van der Waals surface area contributed by atoms with Gasteiger partial charge in [0, 0.05) is 17.3 Å². The predicted molar refractivity (Wildman–Crippen MR) is 93.9 cm³/mol. The second-order valence-electron chi connectivity index (χ2n) is 6.62. The number of anilines is 1. The summed E-state index contributed by atoms with van der Waals surface area (Å²) in [7, 11) is 1.48. The molecule has 0 unspecified atom stereocenters. The number of halogens is 1. The molecule has 1 saturated heterocycles. The fourth-order valence-corrected chi connectivity index (χ4v) is 2.45. The van der Waals surface area contributed by atoms with Crippen molar-refractivity contribution in [1.82, 2.24) is 5.32 Å². The average molecular weight is 323 g/mol. The van der Waals surface area contributed by atoms with E-state index in [4.69, 9.17) is 26.6 Å². The van der Waals surface area contributed by atoms with Crippen molar-refractivity contribution in [3.05, 3.63) is 34.3 Å². The predicted octanol–water partition coefficient (Wildman–Crippen LogP) is 3.16. The van der Waals surface area contributed by atoms with Crippen LogP contribution in [0.25, 0.3) is 6.08 Å². The smallest absolute Gasteiger partial charge is 0.400 e. The van der Waals surface area contributed by atoms with Gasteiger partial charge in [-0.25, -0.2) is 0 Å². The lowest BCUT2D eigenvalue weighted by Crippen LogP contribution is -2.41. The first-order valence-corrected chi connectivity index (χ1v) is 7.80. The molecule has 0 aromatic heterocycles. The Labute approximate surface area is 138 Å². The van der Waals surface area contributed by atoms with Gasteiger partial charge in [-0.15, -0.1) is 0 Å². The van der Waals surface area contributed by atoms with Crippen molar-refractivity contribution in [3.63, 3.8) is 0 Å². The van der Waals surface area contributed by atoms with Gasteiger partial charge in [-0.3, -0.25) is 0 Å². The average Bonchev–Trinajstić information content (AvgIpc) is 2.62. The molecule has 1 heterocycles. The van der Waals surface area contributed by atoms with Gasteiger partial charge in [0.15, 0.2) is 0 Å². The molecule has 4 nitrogen and oxygen atoms in total. The van der Waals surface area contributed by atoms with Crippen LogP contribution in [-0.2, 0) is 9.31 Å². The van der Waals surface area contributed by atoms with Gasteiger partial charge < -0.3 is 20.4 Å². The molecule has 0 radical (unpaired) electrons. The molecular formula is C16H24BClN2O2. The number of nitrogen functional groups attached to an aromatic ring is 1. The maximum Gasteiger partial charge on any atom is 0.491 e. The molecule has 1 aliphatic heterocycles. The van der Waals surface area contributed by atoms with Crippen LogP contribution in [0.3, 0.4) is 0 Å². The topological polar surface area (TPSA) is 56.5 Å². The van der Waals surface area contributed by atoms with Gasteiger partial charge in [0.05, 0.1) is 11.2 Å². The third-order valence-electron chi connectivity index (χ3n) is 4.30. The van der Waals surface area contributed by atoms with Crippen LogP contribution < -0.4 is 11.1 Å². The quantitative estimate of drug-likeness (QED) is 0.660. The summed E-state index contributed by atoms with van der Waals surface area (Å²) in [5, 5.41) is 3.80. The molecule has 1 aliphatic rings. The zero-order valence-corrected chi connectivity index (χ0v) is 14.6. The van der Waals surface area contributed by atoms with E-state index in [1.54, 1.807) is 12.1 Å². The van der Waals surface area contributed by atoms with E-state index < -0.39 is 7.12 Å². The zero-order chi connectivity index (χ0) is 16.5. The number of nitrogens with one attached hydrogen (secondary N) is 1. The van der Waals surface area contributed by atoms with Crippen LogP contribution in [0.15, 0.2) is 23.7 Å². The highest BCUT2D eigenvalue weighted by Crippen LogP contribution is 2.39. The Bertz CT molecular complexity index is 572. The summed E-state index contributed by atoms with van der Waals surface area (Å²) in [6.45, 7) is 8.80. The second-order valence-corrected chi connectivity index (χ2v) is 7.03. The lowest BCUT2D eigenvalue weighted by atomic mass is 9.77. The van der Waals surface area contributed by atoms with Crippen LogP contribution in [0, 0.1) is 0 Å². The van der Waals surface area contributed by atoms with Crippen molar-refractivity contribution in [2.45, 2.75) is 38.9 Å². The summed E-state index contributed by atoms with van der Waals surface area (Å²) in [5.74, 6) is 0. The highest BCUT2D eigenvalue weighted by atomic mass is 35.5. The summed E-state index contributed by atoms with van der Waals surface area (Å²) in [4.78, 5) is 0. The zero-order valence-electron chi connectivity index (χ0n) is 13.9. The third-order valence-corrected chi connectivity index (χ3v) is 4.64. The van der Waals surface area contributed by atoms with E-state index in [9.17, 15) is 0 Å². The number of benzene rings is 1. The van der Waals surface area contributed by atoms with Crippen LogP contribution in [0.4, 0.5) is 5.69 Å². The molecule has 0 spiro atoms. The Kier molecular flexibility index (Phi) is 4.92. The van der Waals surface area contributed by atoms with Gasteiger partial charge in [0.25, 0.3) is 0 Å². The molecule has 2 rings (SSSR count). The minimum Gasteiger partial charge on any atom is -0.400 e. The van der Waals surface area contributed by atoms with Gasteiger partial charge in [-0.1, -0.05) is 17.7 Å². The number of hydrogen-bond acceptors (Lipinski definition) is 4. The van der Waals surface area contributed by atoms with Crippen molar-refractivity contribution in [2.75, 3.05) is 19.3 Å². The minimum absolute atomic E-state index is 0.371. The number of likely N-dealkylation sites (N-methyl/N-ethyl adjacent to an activating group) is 1. The molecule has 0 aliphatic carbocycles. The molecule has 0 bridgehead atoms. The van der Waals surface area contributed by atoms with Crippen LogP contribution in [0.5, 0.6) is 0 Å². The summed E-state index contributed by atoms with van der Waals surface area (Å²) >= 11 is 6.26. The van der Waals surface area contributed by atoms with E-state index in [0.29, 0.717) is 17.3 Å². The van der Waals surface area contributed by atoms with Gasteiger partial charge in [0.1, 0.15) is 0 Å². The molecule has 1 aromatic carbocycles. The van der Waals surface area contributed by atoms with Gasteiger partial charge in [-0.2, -0.15) is 0 Å². The first kappa shape index (κ1) is 17.4. The van der Waals surface area contributed by atoms with Crippen LogP contribution in [-0.4, -0.2) is 31.9 Å². The normalized spacial score (nSPS) is 20.5. The molecular weight excluding hydrogens is 298 g/mol. The fraction of sp³-hybridized carbons (Fsp3) is 0.500. The molecule has 1 aromatic rings. The number of rotatable bonds is 4. The summed E-state index contributed by atoms with van der Waals surface area (Å²) in [5.41, 5.74) is 7.63. The molecule has 0 atom stereocenters. The first-order valence-electron chi connectivity index (χ1n) is 7.42. The van der Waals surface area contributed by atoms with Crippen molar-refractivity contribution in [3.8, 4) is 0 Å². The third kappa shape index (κ3) is 3.49. The largest absolute Gasteiger partial charge is 0.491 e. The lowest BCUT2D eigenvalue weighted by Gasteiger charge is -2.32. The van der Waals surface area contributed by atoms with Crippen LogP contribution in [0.2, 0.25) is 5.02 Å². The van der Waals surface area contributed by atoms with E-state index in [-0.39, 0.29) is 11.2 Å². The van der Waals surface area contributed by atoms with E-state index in [0.717, 1.165) is 11.0 Å². The van der Waals surface area contributed by atoms with Gasteiger partial charge in [0.2, 0.25) is 0 Å². The fourth-order valence-electron chi connectivity index (χ4n) is 2.27. The molecule has 6 heteroatoms. The van der Waals surface area contributed by atoms with E-state index in [1.807, 2.05) is 46.9 Å². The Morgan fingerprint density at radius 2 is 1.86 bits per heavy atom. The SMILES string of the molecule is CNCC(=Cc1cc(N)ccc1Cl)B1OC(C)(C)C(C)(C)O1. The van der Waals surface area contributed by atoms with E-state index >= 15 is 0 Å². The minimum atomic E-state index is -0.407. The summed E-state index contributed by atoms with van der Waals surface area (Å²) < 4.78 is 12.2. The van der Waals surface area contributed by atoms with Gasteiger partial charge >= 0.3 is 7.12 Å². The molecule has 22 heavy (non-hydrogen) atoms. The lowest BCUT2D eigenvalue weighted by molar-refractivity contribution is 0.00578. The highest BCUT2D eigenvalue weighted by molar-refractivity contribution is 6.56. The highest BCUT2D eigenvalue weighted by Gasteiger charge is 2.52. The number of hydrogen-bond donors (Lipinski definition) is 2. The summed E-state index contributed by atoms with van der Waals surface area (Å²) in [6, 6.07) is 5.43. The van der Waals surface area contributed by atoms with E-state index in [1.165, 1.54) is 0 Å². The first-order chi connectivity index (χ1) is 10.2. The van der Waals surface area contributed by atoms with Crippen molar-refractivity contribution < 1.29 is 9.31 Å². The van der Waals surface area contributed by atoms with Crippen LogP contribution in [0.1, 0.15) is 33.3 Å².